The van der Waals surface area contributed by atoms with Gasteiger partial charge in [0.2, 0.25) is 0 Å². The van der Waals surface area contributed by atoms with E-state index in [4.69, 9.17) is 0 Å². The van der Waals surface area contributed by atoms with E-state index in [2.05, 4.69) is 30.1 Å². The Kier molecular flexibility index (Phi) is 1.70. The molecule has 0 saturated heterocycles. The first-order chi connectivity index (χ1) is 7.25. The fourth-order valence-electron chi connectivity index (χ4n) is 2.49. The Morgan fingerprint density at radius 1 is 1.40 bits per heavy atom. The fraction of sp³-hybridized carbons (Fsp3) is 0.462. The van der Waals surface area contributed by atoms with Crippen LogP contribution in [-0.4, -0.2) is 19.9 Å². The summed E-state index contributed by atoms with van der Waals surface area (Å²) in [6, 6.07) is 6.53. The van der Waals surface area contributed by atoms with Gasteiger partial charge in [0.25, 0.3) is 0 Å². The average molecular weight is 201 g/mol. The smallest absolute Gasteiger partial charge is 0.130 e. The molecule has 1 aliphatic carbocycles. The highest BCUT2D eigenvalue weighted by molar-refractivity contribution is 5.74. The first-order valence-corrected chi connectivity index (χ1v) is 5.56. The number of carbonyl (C=O) groups is 1. The molecule has 0 bridgehead atoms. The van der Waals surface area contributed by atoms with E-state index >= 15 is 0 Å². The standard InChI is InChI=1S/C13H15NO/c1-14-7-4-10-8-11(2-3-12(10)14)13(9-15)5-6-13/h2-3,8-9H,4-7H2,1H3. The Morgan fingerprint density at radius 3 is 2.87 bits per heavy atom. The number of benzene rings is 1. The van der Waals surface area contributed by atoms with Crippen molar-refractivity contribution in [3.63, 3.8) is 0 Å². The van der Waals surface area contributed by atoms with E-state index in [1.807, 2.05) is 0 Å². The van der Waals surface area contributed by atoms with E-state index in [0.29, 0.717) is 0 Å². The lowest BCUT2D eigenvalue weighted by Crippen LogP contribution is -2.12. The summed E-state index contributed by atoms with van der Waals surface area (Å²) < 4.78 is 0. The predicted octanol–water partition coefficient (Wildman–Crippen LogP) is 1.91. The van der Waals surface area contributed by atoms with E-state index in [-0.39, 0.29) is 5.41 Å². The van der Waals surface area contributed by atoms with E-state index in [1.54, 1.807) is 0 Å². The van der Waals surface area contributed by atoms with Crippen LogP contribution in [0.15, 0.2) is 18.2 Å². The van der Waals surface area contributed by atoms with Gasteiger partial charge in [-0.05, 0) is 36.5 Å². The van der Waals surface area contributed by atoms with Gasteiger partial charge in [-0.15, -0.1) is 0 Å². The van der Waals surface area contributed by atoms with Crippen molar-refractivity contribution >= 4 is 12.0 Å². The number of fused-ring (bicyclic) bond motifs is 1. The SMILES string of the molecule is CN1CCc2cc(C3(C=O)CC3)ccc21. The van der Waals surface area contributed by atoms with Crippen molar-refractivity contribution in [1.29, 1.82) is 0 Å². The molecule has 0 unspecified atom stereocenters. The summed E-state index contributed by atoms with van der Waals surface area (Å²) in [6.45, 7) is 1.10. The Hall–Kier alpha value is -1.31. The summed E-state index contributed by atoms with van der Waals surface area (Å²) >= 11 is 0. The molecule has 2 heteroatoms. The van der Waals surface area contributed by atoms with E-state index in [0.717, 1.165) is 32.1 Å². The maximum Gasteiger partial charge on any atom is 0.130 e. The van der Waals surface area contributed by atoms with Gasteiger partial charge >= 0.3 is 0 Å². The molecule has 1 fully saturated rings. The van der Waals surface area contributed by atoms with Crippen LogP contribution in [0.5, 0.6) is 0 Å². The van der Waals surface area contributed by atoms with Crippen molar-refractivity contribution in [3.8, 4) is 0 Å². The van der Waals surface area contributed by atoms with Gasteiger partial charge in [-0.3, -0.25) is 0 Å². The largest absolute Gasteiger partial charge is 0.374 e. The Morgan fingerprint density at radius 2 is 2.20 bits per heavy atom. The first-order valence-electron chi connectivity index (χ1n) is 5.56. The molecule has 1 saturated carbocycles. The third-order valence-electron chi connectivity index (χ3n) is 3.80. The molecule has 1 aromatic carbocycles. The second-order valence-corrected chi connectivity index (χ2v) is 4.79. The van der Waals surface area contributed by atoms with Gasteiger partial charge in [-0.1, -0.05) is 12.1 Å². The Balaban J connectivity index is 2.03. The monoisotopic (exact) mass is 201 g/mol. The molecule has 15 heavy (non-hydrogen) atoms. The van der Waals surface area contributed by atoms with Gasteiger partial charge in [0.05, 0.1) is 5.41 Å². The molecule has 1 heterocycles. The van der Waals surface area contributed by atoms with Crippen LogP contribution in [0.2, 0.25) is 0 Å². The summed E-state index contributed by atoms with van der Waals surface area (Å²) in [5.41, 5.74) is 3.85. The second kappa shape index (κ2) is 2.84. The van der Waals surface area contributed by atoms with Crippen LogP contribution in [0.25, 0.3) is 0 Å². The lowest BCUT2D eigenvalue weighted by atomic mass is 9.95. The van der Waals surface area contributed by atoms with Crippen molar-refractivity contribution in [2.24, 2.45) is 0 Å². The van der Waals surface area contributed by atoms with Gasteiger partial charge in [-0.25, -0.2) is 0 Å². The lowest BCUT2D eigenvalue weighted by Gasteiger charge is -2.13. The molecule has 0 atom stereocenters. The number of hydrogen-bond donors (Lipinski definition) is 0. The van der Waals surface area contributed by atoms with Crippen molar-refractivity contribution in [1.82, 2.24) is 0 Å². The number of nitrogens with zero attached hydrogens (tertiary/aromatic N) is 1. The number of carbonyl (C=O) groups excluding carboxylic acids is 1. The van der Waals surface area contributed by atoms with Gasteiger partial charge in [-0.2, -0.15) is 0 Å². The highest BCUT2D eigenvalue weighted by Gasteiger charge is 2.44. The topological polar surface area (TPSA) is 20.3 Å². The Bertz CT molecular complexity index is 421. The number of likely N-dealkylation sites (N-methyl/N-ethyl adjacent to an activating group) is 1. The zero-order valence-electron chi connectivity index (χ0n) is 8.99. The van der Waals surface area contributed by atoms with Crippen LogP contribution >= 0.6 is 0 Å². The summed E-state index contributed by atoms with van der Waals surface area (Å²) in [6.07, 6.45) is 4.32. The quantitative estimate of drug-likeness (QED) is 0.681. The zero-order chi connectivity index (χ0) is 10.5. The average Bonchev–Trinajstić information content (AvgIpc) is 2.99. The van der Waals surface area contributed by atoms with E-state index < -0.39 is 0 Å². The molecular formula is C13H15NO. The van der Waals surface area contributed by atoms with Crippen molar-refractivity contribution in [2.45, 2.75) is 24.7 Å². The minimum absolute atomic E-state index is 0.115. The van der Waals surface area contributed by atoms with Gasteiger partial charge in [0.1, 0.15) is 6.29 Å². The molecule has 2 aliphatic rings. The summed E-state index contributed by atoms with van der Waals surface area (Å²) in [5.74, 6) is 0. The lowest BCUT2D eigenvalue weighted by molar-refractivity contribution is -0.109. The van der Waals surface area contributed by atoms with Crippen LogP contribution in [0.4, 0.5) is 5.69 Å². The third-order valence-corrected chi connectivity index (χ3v) is 3.80. The molecule has 1 aliphatic heterocycles. The van der Waals surface area contributed by atoms with E-state index in [1.165, 1.54) is 16.8 Å². The highest BCUT2D eigenvalue weighted by atomic mass is 16.1. The number of anilines is 1. The molecule has 0 radical (unpaired) electrons. The molecule has 78 valence electrons. The predicted molar refractivity (Wildman–Crippen MR) is 60.4 cm³/mol. The molecule has 2 nitrogen and oxygen atoms in total. The molecule has 1 aromatic rings. The summed E-state index contributed by atoms with van der Waals surface area (Å²) in [4.78, 5) is 13.3. The molecule has 3 rings (SSSR count). The minimum atomic E-state index is -0.115. The normalized spacial score (nSPS) is 21.3. The second-order valence-electron chi connectivity index (χ2n) is 4.79. The van der Waals surface area contributed by atoms with Crippen LogP contribution < -0.4 is 4.90 Å². The van der Waals surface area contributed by atoms with Crippen LogP contribution in [0.1, 0.15) is 24.0 Å². The molecule has 0 N–H and O–H groups in total. The summed E-state index contributed by atoms with van der Waals surface area (Å²) in [7, 11) is 2.12. The number of rotatable bonds is 2. The van der Waals surface area contributed by atoms with Crippen LogP contribution in [-0.2, 0) is 16.6 Å². The van der Waals surface area contributed by atoms with Crippen LogP contribution in [0, 0.1) is 0 Å². The molecule has 0 aromatic heterocycles. The Labute approximate surface area is 89.9 Å². The maximum absolute atomic E-state index is 11.0. The van der Waals surface area contributed by atoms with Crippen molar-refractivity contribution < 1.29 is 4.79 Å². The zero-order valence-corrected chi connectivity index (χ0v) is 8.99. The molecule has 0 spiro atoms. The van der Waals surface area contributed by atoms with Crippen molar-refractivity contribution in [3.05, 3.63) is 29.3 Å². The first kappa shape index (κ1) is 8.96. The van der Waals surface area contributed by atoms with Gasteiger partial charge in [0.15, 0.2) is 0 Å². The van der Waals surface area contributed by atoms with E-state index in [9.17, 15) is 4.79 Å². The third kappa shape index (κ3) is 1.21. The van der Waals surface area contributed by atoms with Gasteiger partial charge in [0, 0.05) is 19.3 Å². The summed E-state index contributed by atoms with van der Waals surface area (Å²) in [5, 5.41) is 0. The maximum atomic E-state index is 11.0. The number of hydrogen-bond acceptors (Lipinski definition) is 2. The number of aldehydes is 1. The minimum Gasteiger partial charge on any atom is -0.374 e. The van der Waals surface area contributed by atoms with Crippen molar-refractivity contribution in [2.75, 3.05) is 18.5 Å². The highest BCUT2D eigenvalue weighted by Crippen LogP contribution is 2.47. The molecule has 0 amide bonds. The fourth-order valence-corrected chi connectivity index (χ4v) is 2.49. The van der Waals surface area contributed by atoms with Crippen LogP contribution in [0.3, 0.4) is 0 Å². The van der Waals surface area contributed by atoms with Gasteiger partial charge < -0.3 is 9.69 Å². The molecular weight excluding hydrogens is 186 g/mol.